The van der Waals surface area contributed by atoms with E-state index >= 15 is 0 Å². The van der Waals surface area contributed by atoms with Gasteiger partial charge in [0.1, 0.15) is 23.8 Å². The number of anilines is 2. The molecule has 0 spiro atoms. The molecule has 8 nitrogen and oxygen atoms in total. The number of rotatable bonds is 10. The van der Waals surface area contributed by atoms with Gasteiger partial charge in [-0.25, -0.2) is 9.13 Å². The van der Waals surface area contributed by atoms with Crippen LogP contribution >= 0.6 is 61.4 Å². The van der Waals surface area contributed by atoms with Crippen LogP contribution in [0.3, 0.4) is 0 Å². The van der Waals surface area contributed by atoms with E-state index in [0.29, 0.717) is 0 Å². The molecule has 0 aliphatic heterocycles. The van der Waals surface area contributed by atoms with Gasteiger partial charge in [-0.15, -0.1) is 0 Å². The predicted molar refractivity (Wildman–Crippen MR) is 167 cm³/mol. The van der Waals surface area contributed by atoms with E-state index in [9.17, 15) is 0 Å². The Labute approximate surface area is 261 Å². The monoisotopic (exact) mass is 710 g/mol. The first kappa shape index (κ1) is 32.8. The summed E-state index contributed by atoms with van der Waals surface area (Å²) in [6.07, 6.45) is 4.94. The minimum absolute atomic E-state index is 0.853. The van der Waals surface area contributed by atoms with Crippen molar-refractivity contribution in [1.29, 1.82) is 0 Å². The number of benzene rings is 2. The first-order valence-corrected chi connectivity index (χ1v) is 29.8. The van der Waals surface area contributed by atoms with Crippen molar-refractivity contribution in [3.05, 3.63) is 70.7 Å². The van der Waals surface area contributed by atoms with E-state index in [1.54, 1.807) is 22.7 Å². The second-order valence-electron chi connectivity index (χ2n) is 8.80. The molecule has 4 aromatic rings. The molecule has 2 heterocycles. The van der Waals surface area contributed by atoms with E-state index < -0.39 is 10.8 Å². The number of hydrogen-bond acceptors (Lipinski definition) is 8. The Hall–Kier alpha value is -1.72. The molecule has 40 heavy (non-hydrogen) atoms. The van der Waals surface area contributed by atoms with Crippen LogP contribution < -0.4 is 19.8 Å². The van der Waals surface area contributed by atoms with Crippen LogP contribution in [0.25, 0.3) is 0 Å². The van der Waals surface area contributed by atoms with Gasteiger partial charge in [0.25, 0.3) is 0 Å². The number of halogens is 4. The van der Waals surface area contributed by atoms with E-state index in [-0.39, 0.29) is 0 Å². The molecule has 0 unspecified atom stereocenters. The Morgan fingerprint density at radius 2 is 1.10 bits per heavy atom. The fourth-order valence-corrected chi connectivity index (χ4v) is 4.76. The molecule has 212 valence electrons. The quantitative estimate of drug-likeness (QED) is 0.0743. The molecule has 0 saturated carbocycles. The Bertz CT molecular complexity index is 1350. The molecule has 0 atom stereocenters. The molecule has 0 fully saturated rings. The maximum absolute atomic E-state index is 5.05. The zero-order valence-corrected chi connectivity index (χ0v) is 30.2. The van der Waals surface area contributed by atoms with Crippen LogP contribution in [0.5, 0.6) is 0 Å². The molecule has 2 N–H and O–H groups in total. The van der Waals surface area contributed by atoms with Gasteiger partial charge in [0, 0.05) is 35.2 Å². The Balaban J connectivity index is 0.000000810. The normalized spacial score (nSPS) is 11.6. The average Bonchev–Trinajstić information content (AvgIpc) is 3.49. The van der Waals surface area contributed by atoms with E-state index in [4.69, 9.17) is 38.8 Å². The number of azo groups is 2. The van der Waals surface area contributed by atoms with E-state index in [2.05, 4.69) is 69.2 Å². The van der Waals surface area contributed by atoms with Crippen molar-refractivity contribution < 1.29 is 19.9 Å². The van der Waals surface area contributed by atoms with Gasteiger partial charge in [0.15, 0.2) is 0 Å². The Kier molecular flexibility index (Phi) is 13.2. The van der Waals surface area contributed by atoms with Crippen LogP contribution in [0.1, 0.15) is 17.5 Å². The van der Waals surface area contributed by atoms with Gasteiger partial charge in [-0.2, -0.15) is 0 Å². The van der Waals surface area contributed by atoms with Crippen molar-refractivity contribution in [2.45, 2.75) is 20.3 Å². The molecule has 0 bridgehead atoms. The summed E-state index contributed by atoms with van der Waals surface area (Å²) in [6.45, 7) is 5.93. The first-order chi connectivity index (χ1) is 19.0. The van der Waals surface area contributed by atoms with Crippen molar-refractivity contribution in [2.75, 3.05) is 23.7 Å². The van der Waals surface area contributed by atoms with Crippen molar-refractivity contribution in [2.24, 2.45) is 34.6 Å². The maximum atomic E-state index is 5.05. The SMILES string of the molecule is Cc1cc(/N=N/c2scc[n+]2C)ccc1NCCCNc1ccc(/N=N/c2scc[n+]2C)cc1C.[Cl][Zn-2]([Cl])([Cl])[Cl]. The third-order valence-corrected chi connectivity index (χ3v) is 7.10. The number of nitrogens with one attached hydrogen (secondary N) is 2. The number of aromatic nitrogens is 2. The Morgan fingerprint density at radius 1 is 0.700 bits per heavy atom. The van der Waals surface area contributed by atoms with E-state index in [0.717, 1.165) is 63.6 Å². The van der Waals surface area contributed by atoms with Gasteiger partial charge in [0.2, 0.25) is 0 Å². The third kappa shape index (κ3) is 11.6. The molecule has 15 heteroatoms. The number of nitrogens with zero attached hydrogens (tertiary/aromatic N) is 6. The van der Waals surface area contributed by atoms with Gasteiger partial charge in [-0.1, -0.05) is 0 Å². The molecule has 0 aliphatic rings. The number of thiazole rings is 2. The predicted octanol–water partition coefficient (Wildman–Crippen LogP) is 9.58. The van der Waals surface area contributed by atoms with Crippen LogP contribution in [0.15, 0.2) is 80.0 Å². The summed E-state index contributed by atoms with van der Waals surface area (Å²) in [6, 6.07) is 12.2. The molecular formula is C25H30Cl4N8S2Zn. The van der Waals surface area contributed by atoms with E-state index in [1.807, 2.05) is 58.5 Å². The summed E-state index contributed by atoms with van der Waals surface area (Å²) in [5.74, 6) is 0. The molecule has 0 radical (unpaired) electrons. The van der Waals surface area contributed by atoms with Crippen LogP contribution in [0.4, 0.5) is 33.0 Å². The fourth-order valence-electron chi connectivity index (χ4n) is 3.40. The third-order valence-electron chi connectivity index (χ3n) is 5.43. The van der Waals surface area contributed by atoms with Crippen molar-refractivity contribution in [1.82, 2.24) is 0 Å². The standard InChI is InChI=1S/C25H28N8S2.4ClH.Zn/c1-18-16-20(28-30-24-32(3)12-14-34-24)6-8-22(18)26-10-5-11-27-23-9-7-21(17-19(23)2)29-31-25-33(4)13-15-35-25;;;;;/h6-9,12-17H,5,10-11H2,1-4H3;4*1H;/q;;;;;+2/p-2. The summed E-state index contributed by atoms with van der Waals surface area (Å²) >= 11 is 3.14. The molecule has 4 rings (SSSR count). The molecule has 0 saturated heterocycles. The number of hydrogen-bond donors (Lipinski definition) is 2. The van der Waals surface area contributed by atoms with Gasteiger partial charge < -0.3 is 10.6 Å². The minimum atomic E-state index is -3.36. The summed E-state index contributed by atoms with van der Waals surface area (Å²) in [5, 5.41) is 30.2. The zero-order valence-electron chi connectivity index (χ0n) is 22.6. The molecule has 2 aromatic heterocycles. The van der Waals surface area contributed by atoms with Gasteiger partial charge in [-0.05, 0) is 101 Å². The van der Waals surface area contributed by atoms with Gasteiger partial charge >= 0.3 is 59.8 Å². The Morgan fingerprint density at radius 3 is 1.43 bits per heavy atom. The zero-order chi connectivity index (χ0) is 29.1. The first-order valence-electron chi connectivity index (χ1n) is 12.5. The second-order valence-corrected chi connectivity index (χ2v) is 38.3. The summed E-state index contributed by atoms with van der Waals surface area (Å²) in [4.78, 5) is 0. The fraction of sp³-hybridized carbons (Fsp3) is 0.280. The van der Waals surface area contributed by atoms with E-state index in [1.165, 1.54) is 0 Å². The molecule has 2 aromatic carbocycles. The summed E-state index contributed by atoms with van der Waals surface area (Å²) < 4.78 is 3.91. The topological polar surface area (TPSA) is 81.3 Å². The second kappa shape index (κ2) is 16.1. The van der Waals surface area contributed by atoms with Crippen molar-refractivity contribution in [3.8, 4) is 0 Å². The molecular weight excluding hydrogens is 684 g/mol. The average molecular weight is 714 g/mol. The number of aryl methyl sites for hydroxylation is 4. The van der Waals surface area contributed by atoms with Gasteiger partial charge in [-0.3, -0.25) is 0 Å². The summed E-state index contributed by atoms with van der Waals surface area (Å²) in [5.41, 5.74) is 6.26. The van der Waals surface area contributed by atoms with Crippen LogP contribution in [0, 0.1) is 13.8 Å². The van der Waals surface area contributed by atoms with Crippen LogP contribution in [-0.2, 0) is 24.9 Å². The van der Waals surface area contributed by atoms with Crippen molar-refractivity contribution in [3.63, 3.8) is 0 Å². The van der Waals surface area contributed by atoms with Crippen LogP contribution in [-0.4, -0.2) is 13.1 Å². The van der Waals surface area contributed by atoms with Crippen molar-refractivity contribution >= 4 is 94.5 Å². The molecule has 0 aliphatic carbocycles. The van der Waals surface area contributed by atoms with Crippen LogP contribution in [0.2, 0.25) is 0 Å². The van der Waals surface area contributed by atoms with Gasteiger partial charge in [0.05, 0.1) is 24.3 Å². The molecule has 0 amide bonds. The summed E-state index contributed by atoms with van der Waals surface area (Å²) in [7, 11) is 20.8.